The summed E-state index contributed by atoms with van der Waals surface area (Å²) in [5.41, 5.74) is 4.52. The minimum Gasteiger partial charge on any atom is -0.332 e. The highest BCUT2D eigenvalue weighted by molar-refractivity contribution is 7.21. The summed E-state index contributed by atoms with van der Waals surface area (Å²) in [6, 6.07) is 13.1. The van der Waals surface area contributed by atoms with E-state index in [-0.39, 0.29) is 11.0 Å². The number of carbonyl (C=O) groups excluding carboxylic acids is 1. The normalized spacial score (nSPS) is 11.2. The SMILES string of the molecule is CCn1cc(C(=O)Nc2ccc(-c3nc4cccnc4s3)cc2C)c(=O)c2ccc(C)nc21. The molecule has 5 aromatic rings. The van der Waals surface area contributed by atoms with E-state index in [1.165, 1.54) is 11.3 Å². The van der Waals surface area contributed by atoms with Gasteiger partial charge in [0.1, 0.15) is 26.6 Å². The third kappa shape index (κ3) is 3.78. The number of aromatic nitrogens is 4. The summed E-state index contributed by atoms with van der Waals surface area (Å²) in [4.78, 5) is 40.5. The maximum atomic E-state index is 13.1. The van der Waals surface area contributed by atoms with Crippen LogP contribution in [0.1, 0.15) is 28.5 Å². The summed E-state index contributed by atoms with van der Waals surface area (Å²) in [7, 11) is 0. The van der Waals surface area contributed by atoms with Crippen molar-refractivity contribution >= 4 is 44.3 Å². The van der Waals surface area contributed by atoms with Crippen molar-refractivity contribution < 1.29 is 4.79 Å². The van der Waals surface area contributed by atoms with E-state index in [0.29, 0.717) is 23.3 Å². The molecule has 0 radical (unpaired) electrons. The van der Waals surface area contributed by atoms with Crippen molar-refractivity contribution in [3.63, 3.8) is 0 Å². The van der Waals surface area contributed by atoms with E-state index in [1.54, 1.807) is 24.5 Å². The molecule has 1 amide bonds. The van der Waals surface area contributed by atoms with Crippen LogP contribution in [0.3, 0.4) is 0 Å². The number of hydrogen-bond acceptors (Lipinski definition) is 6. The Morgan fingerprint density at radius 1 is 1.12 bits per heavy atom. The molecule has 0 atom stereocenters. The molecule has 33 heavy (non-hydrogen) atoms. The van der Waals surface area contributed by atoms with Crippen LogP contribution < -0.4 is 10.7 Å². The number of nitrogens with zero attached hydrogens (tertiary/aromatic N) is 4. The van der Waals surface area contributed by atoms with Gasteiger partial charge < -0.3 is 9.88 Å². The van der Waals surface area contributed by atoms with Crippen LogP contribution in [0.2, 0.25) is 0 Å². The summed E-state index contributed by atoms with van der Waals surface area (Å²) in [6.07, 6.45) is 3.34. The van der Waals surface area contributed by atoms with Crippen molar-refractivity contribution in [3.8, 4) is 10.6 Å². The topological polar surface area (TPSA) is 89.8 Å². The molecule has 0 unspecified atom stereocenters. The molecular formula is C25H21N5O2S. The number of aryl methyl sites for hydroxylation is 3. The average molecular weight is 456 g/mol. The molecule has 8 heteroatoms. The molecule has 0 bridgehead atoms. The standard InChI is InChI=1S/C25H21N5O2S/c1-4-30-13-18(21(31)17-9-7-15(3)27-22(17)30)23(32)28-19-10-8-16(12-14(19)2)24-29-20-6-5-11-26-25(20)33-24/h5-13H,4H2,1-3H3,(H,28,32). The van der Waals surface area contributed by atoms with Gasteiger partial charge in [0.15, 0.2) is 0 Å². The zero-order valence-corrected chi connectivity index (χ0v) is 19.2. The van der Waals surface area contributed by atoms with Crippen molar-refractivity contribution in [1.29, 1.82) is 0 Å². The Bertz CT molecular complexity index is 1570. The molecule has 1 aromatic carbocycles. The molecule has 7 nitrogen and oxygen atoms in total. The van der Waals surface area contributed by atoms with E-state index in [4.69, 9.17) is 0 Å². The summed E-state index contributed by atoms with van der Waals surface area (Å²) in [5.74, 6) is -0.440. The zero-order chi connectivity index (χ0) is 23.1. The molecule has 0 aliphatic rings. The number of pyridine rings is 3. The number of hydrogen-bond donors (Lipinski definition) is 1. The highest BCUT2D eigenvalue weighted by Gasteiger charge is 2.17. The number of nitrogens with one attached hydrogen (secondary N) is 1. The molecular weight excluding hydrogens is 434 g/mol. The summed E-state index contributed by atoms with van der Waals surface area (Å²) < 4.78 is 1.83. The Morgan fingerprint density at radius 2 is 1.97 bits per heavy atom. The van der Waals surface area contributed by atoms with Crippen LogP contribution in [0.25, 0.3) is 32.0 Å². The summed E-state index contributed by atoms with van der Waals surface area (Å²) in [5, 5.41) is 4.20. The van der Waals surface area contributed by atoms with Crippen LogP contribution in [0.4, 0.5) is 5.69 Å². The number of carbonyl (C=O) groups is 1. The minimum absolute atomic E-state index is 0.0933. The molecule has 164 valence electrons. The van der Waals surface area contributed by atoms with E-state index in [2.05, 4.69) is 20.3 Å². The highest BCUT2D eigenvalue weighted by Crippen LogP contribution is 2.31. The third-order valence-electron chi connectivity index (χ3n) is 5.53. The lowest BCUT2D eigenvalue weighted by molar-refractivity contribution is 0.102. The quantitative estimate of drug-likeness (QED) is 0.414. The third-order valence-corrected chi connectivity index (χ3v) is 6.56. The van der Waals surface area contributed by atoms with Crippen molar-refractivity contribution in [3.05, 3.63) is 81.9 Å². The molecule has 0 aliphatic heterocycles. The second kappa shape index (κ2) is 8.22. The van der Waals surface area contributed by atoms with Gasteiger partial charge in [0.2, 0.25) is 5.43 Å². The van der Waals surface area contributed by atoms with Gasteiger partial charge >= 0.3 is 0 Å². The maximum Gasteiger partial charge on any atom is 0.261 e. The Hall–Kier alpha value is -3.91. The molecule has 0 saturated carbocycles. The first-order valence-electron chi connectivity index (χ1n) is 10.6. The van der Waals surface area contributed by atoms with Crippen LogP contribution in [0.15, 0.2) is 59.7 Å². The highest BCUT2D eigenvalue weighted by atomic mass is 32.1. The molecule has 0 aliphatic carbocycles. The van der Waals surface area contributed by atoms with Gasteiger partial charge in [0.05, 0.1) is 5.39 Å². The molecule has 0 spiro atoms. The van der Waals surface area contributed by atoms with E-state index in [0.717, 1.165) is 32.2 Å². The monoisotopic (exact) mass is 455 g/mol. The number of thiazole rings is 1. The number of anilines is 1. The first-order chi connectivity index (χ1) is 15.9. The lowest BCUT2D eigenvalue weighted by Gasteiger charge is -2.13. The van der Waals surface area contributed by atoms with Gasteiger partial charge in [-0.3, -0.25) is 9.59 Å². The van der Waals surface area contributed by atoms with E-state index < -0.39 is 5.91 Å². The number of fused-ring (bicyclic) bond motifs is 2. The van der Waals surface area contributed by atoms with E-state index in [1.807, 2.05) is 55.7 Å². The minimum atomic E-state index is -0.440. The Labute approximate surface area is 193 Å². The predicted octanol–water partition coefficient (Wildman–Crippen LogP) is 4.96. The number of benzene rings is 1. The van der Waals surface area contributed by atoms with Crippen LogP contribution in [0, 0.1) is 13.8 Å². The second-order valence-corrected chi connectivity index (χ2v) is 8.79. The fraction of sp³-hybridized carbons (Fsp3) is 0.160. The zero-order valence-electron chi connectivity index (χ0n) is 18.4. The molecule has 0 fully saturated rings. The van der Waals surface area contributed by atoms with Crippen LogP contribution in [-0.4, -0.2) is 25.4 Å². The van der Waals surface area contributed by atoms with Gasteiger partial charge in [0, 0.05) is 35.9 Å². The van der Waals surface area contributed by atoms with Crippen molar-refractivity contribution in [2.75, 3.05) is 5.32 Å². The van der Waals surface area contributed by atoms with Gasteiger partial charge in [-0.2, -0.15) is 0 Å². The second-order valence-electron chi connectivity index (χ2n) is 7.81. The Kier molecular flexibility index (Phi) is 5.22. The molecule has 1 N–H and O–H groups in total. The summed E-state index contributed by atoms with van der Waals surface area (Å²) in [6.45, 7) is 6.35. The largest absolute Gasteiger partial charge is 0.332 e. The van der Waals surface area contributed by atoms with Crippen LogP contribution in [0.5, 0.6) is 0 Å². The first-order valence-corrected chi connectivity index (χ1v) is 11.4. The van der Waals surface area contributed by atoms with Crippen molar-refractivity contribution in [1.82, 2.24) is 19.5 Å². The van der Waals surface area contributed by atoms with Crippen LogP contribution in [-0.2, 0) is 6.54 Å². The lowest BCUT2D eigenvalue weighted by atomic mass is 10.1. The fourth-order valence-corrected chi connectivity index (χ4v) is 4.69. The Balaban J connectivity index is 1.47. The Morgan fingerprint density at radius 3 is 2.73 bits per heavy atom. The van der Waals surface area contributed by atoms with Gasteiger partial charge in [0.25, 0.3) is 5.91 Å². The molecule has 4 aromatic heterocycles. The van der Waals surface area contributed by atoms with Crippen LogP contribution >= 0.6 is 11.3 Å². The van der Waals surface area contributed by atoms with Gasteiger partial charge in [-0.25, -0.2) is 15.0 Å². The van der Waals surface area contributed by atoms with Gasteiger partial charge in [-0.05, 0) is 68.8 Å². The van der Waals surface area contributed by atoms with Gasteiger partial charge in [-0.1, -0.05) is 11.3 Å². The van der Waals surface area contributed by atoms with E-state index >= 15 is 0 Å². The molecule has 5 rings (SSSR count). The lowest BCUT2D eigenvalue weighted by Crippen LogP contribution is -2.24. The number of rotatable bonds is 4. The van der Waals surface area contributed by atoms with Crippen molar-refractivity contribution in [2.24, 2.45) is 0 Å². The smallest absolute Gasteiger partial charge is 0.261 e. The predicted molar refractivity (Wildman–Crippen MR) is 132 cm³/mol. The number of amides is 1. The van der Waals surface area contributed by atoms with Gasteiger partial charge in [-0.15, -0.1) is 0 Å². The van der Waals surface area contributed by atoms with E-state index in [9.17, 15) is 9.59 Å². The molecule has 4 heterocycles. The average Bonchev–Trinajstić information content (AvgIpc) is 3.25. The van der Waals surface area contributed by atoms with Crippen molar-refractivity contribution in [2.45, 2.75) is 27.3 Å². The molecule has 0 saturated heterocycles. The maximum absolute atomic E-state index is 13.1. The fourth-order valence-electron chi connectivity index (χ4n) is 3.78. The summed E-state index contributed by atoms with van der Waals surface area (Å²) >= 11 is 1.52. The first kappa shape index (κ1) is 21.0.